The molecule has 3 rings (SSSR count). The molecule has 2 heterocycles. The number of benzene rings is 1. The van der Waals surface area contributed by atoms with Crippen LogP contribution in [0.3, 0.4) is 0 Å². The van der Waals surface area contributed by atoms with Gasteiger partial charge < -0.3 is 14.7 Å². The third-order valence-electron chi connectivity index (χ3n) is 3.99. The lowest BCUT2D eigenvalue weighted by Gasteiger charge is -2.32. The number of carboxylic acid groups (broad SMARTS) is 1. The minimum atomic E-state index is -0.821. The van der Waals surface area contributed by atoms with E-state index in [1.165, 1.54) is 0 Å². The van der Waals surface area contributed by atoms with E-state index in [0.717, 1.165) is 17.7 Å². The molecule has 0 saturated carbocycles. The van der Waals surface area contributed by atoms with Crippen LogP contribution in [0.5, 0.6) is 5.75 Å². The Morgan fingerprint density at radius 1 is 1.40 bits per heavy atom. The summed E-state index contributed by atoms with van der Waals surface area (Å²) in [7, 11) is 0. The maximum absolute atomic E-state index is 11.9. The standard InChI is InChI=1S/C15H17NO4/c17-14-6-5-11(15(18)19)8-16(14)9-12-7-10-3-1-2-4-13(10)20-12/h1-4,11-12H,5-9H2,(H,18,19). The molecule has 5 heteroatoms. The number of amides is 1. The largest absolute Gasteiger partial charge is 0.488 e. The van der Waals surface area contributed by atoms with Crippen LogP contribution in [-0.4, -0.2) is 41.1 Å². The van der Waals surface area contributed by atoms with Gasteiger partial charge in [-0.15, -0.1) is 0 Å². The zero-order chi connectivity index (χ0) is 14.1. The zero-order valence-electron chi connectivity index (χ0n) is 11.1. The number of likely N-dealkylation sites (tertiary alicyclic amines) is 1. The minimum absolute atomic E-state index is 0.0297. The van der Waals surface area contributed by atoms with Crippen molar-refractivity contribution >= 4 is 11.9 Å². The Balaban J connectivity index is 1.63. The Labute approximate surface area is 117 Å². The molecule has 2 aliphatic rings. The fraction of sp³-hybridized carbons (Fsp3) is 0.467. The molecule has 1 amide bonds. The highest BCUT2D eigenvalue weighted by molar-refractivity contribution is 5.80. The molecule has 5 nitrogen and oxygen atoms in total. The Bertz CT molecular complexity index is 517. The molecule has 0 radical (unpaired) electrons. The third-order valence-corrected chi connectivity index (χ3v) is 3.99. The lowest BCUT2D eigenvalue weighted by atomic mass is 9.97. The van der Waals surface area contributed by atoms with Crippen LogP contribution >= 0.6 is 0 Å². The number of ether oxygens (including phenoxy) is 1. The second kappa shape index (κ2) is 5.15. The number of para-hydroxylation sites is 1. The maximum Gasteiger partial charge on any atom is 0.308 e. The fourth-order valence-corrected chi connectivity index (χ4v) is 2.89. The Morgan fingerprint density at radius 3 is 2.95 bits per heavy atom. The summed E-state index contributed by atoms with van der Waals surface area (Å²) in [6.07, 6.45) is 1.47. The molecule has 1 saturated heterocycles. The number of hydrogen-bond acceptors (Lipinski definition) is 3. The van der Waals surface area contributed by atoms with Crippen LogP contribution in [0.25, 0.3) is 0 Å². The molecule has 1 fully saturated rings. The molecule has 0 aliphatic carbocycles. The van der Waals surface area contributed by atoms with Crippen LogP contribution in [0.4, 0.5) is 0 Å². The number of rotatable bonds is 3. The lowest BCUT2D eigenvalue weighted by Crippen LogP contribution is -2.46. The zero-order valence-corrected chi connectivity index (χ0v) is 11.1. The summed E-state index contributed by atoms with van der Waals surface area (Å²) in [5.41, 5.74) is 1.15. The summed E-state index contributed by atoms with van der Waals surface area (Å²) in [6, 6.07) is 7.84. The van der Waals surface area contributed by atoms with Gasteiger partial charge in [0, 0.05) is 19.4 Å². The second-order valence-electron chi connectivity index (χ2n) is 5.42. The summed E-state index contributed by atoms with van der Waals surface area (Å²) in [5, 5.41) is 9.08. The van der Waals surface area contributed by atoms with Crippen molar-refractivity contribution in [3.05, 3.63) is 29.8 Å². The average molecular weight is 275 g/mol. The first kappa shape index (κ1) is 13.0. The van der Waals surface area contributed by atoms with E-state index < -0.39 is 11.9 Å². The van der Waals surface area contributed by atoms with E-state index in [-0.39, 0.29) is 12.0 Å². The van der Waals surface area contributed by atoms with Crippen molar-refractivity contribution in [1.82, 2.24) is 4.90 Å². The van der Waals surface area contributed by atoms with Crippen molar-refractivity contribution in [3.8, 4) is 5.75 Å². The molecule has 0 aromatic heterocycles. The predicted molar refractivity (Wildman–Crippen MR) is 71.5 cm³/mol. The van der Waals surface area contributed by atoms with Gasteiger partial charge in [0.05, 0.1) is 12.5 Å². The summed E-state index contributed by atoms with van der Waals surface area (Å²) < 4.78 is 5.81. The summed E-state index contributed by atoms with van der Waals surface area (Å²) in [4.78, 5) is 24.6. The molecule has 106 valence electrons. The van der Waals surface area contributed by atoms with Crippen LogP contribution < -0.4 is 4.74 Å². The number of carboxylic acids is 1. The first-order valence-electron chi connectivity index (χ1n) is 6.88. The highest BCUT2D eigenvalue weighted by Gasteiger charge is 2.33. The predicted octanol–water partition coefficient (Wildman–Crippen LogP) is 1.31. The molecule has 1 aromatic rings. The second-order valence-corrected chi connectivity index (χ2v) is 5.42. The number of aliphatic carboxylic acids is 1. The van der Waals surface area contributed by atoms with Crippen molar-refractivity contribution in [1.29, 1.82) is 0 Å². The topological polar surface area (TPSA) is 66.8 Å². The molecule has 2 atom stereocenters. The third kappa shape index (κ3) is 2.48. The SMILES string of the molecule is O=C(O)C1CCC(=O)N(CC2Cc3ccccc3O2)C1. The Morgan fingerprint density at radius 2 is 2.20 bits per heavy atom. The van der Waals surface area contributed by atoms with Gasteiger partial charge in [0.15, 0.2) is 0 Å². The van der Waals surface area contributed by atoms with Gasteiger partial charge in [-0.25, -0.2) is 0 Å². The molecule has 2 unspecified atom stereocenters. The number of carbonyl (C=O) groups is 2. The normalized spacial score (nSPS) is 25.2. The van der Waals surface area contributed by atoms with E-state index in [1.807, 2.05) is 24.3 Å². The Kier molecular flexibility index (Phi) is 3.34. The van der Waals surface area contributed by atoms with Crippen LogP contribution in [-0.2, 0) is 16.0 Å². The van der Waals surface area contributed by atoms with Crippen molar-refractivity contribution in [3.63, 3.8) is 0 Å². The monoisotopic (exact) mass is 275 g/mol. The summed E-state index contributed by atoms with van der Waals surface area (Å²) in [6.45, 7) is 0.766. The van der Waals surface area contributed by atoms with Crippen molar-refractivity contribution in [2.24, 2.45) is 5.92 Å². The minimum Gasteiger partial charge on any atom is -0.488 e. The van der Waals surface area contributed by atoms with Gasteiger partial charge in [0.25, 0.3) is 0 Å². The van der Waals surface area contributed by atoms with E-state index >= 15 is 0 Å². The summed E-state index contributed by atoms with van der Waals surface area (Å²) in [5.74, 6) is -0.367. The molecule has 20 heavy (non-hydrogen) atoms. The van der Waals surface area contributed by atoms with Crippen molar-refractivity contribution in [2.45, 2.75) is 25.4 Å². The smallest absolute Gasteiger partial charge is 0.308 e. The van der Waals surface area contributed by atoms with E-state index in [2.05, 4.69) is 0 Å². The van der Waals surface area contributed by atoms with Crippen LogP contribution in [0, 0.1) is 5.92 Å². The first-order chi connectivity index (χ1) is 9.63. The van der Waals surface area contributed by atoms with Crippen LogP contribution in [0.15, 0.2) is 24.3 Å². The molecular formula is C15H17NO4. The van der Waals surface area contributed by atoms with Crippen LogP contribution in [0.1, 0.15) is 18.4 Å². The molecule has 1 aromatic carbocycles. The van der Waals surface area contributed by atoms with Crippen molar-refractivity contribution < 1.29 is 19.4 Å². The number of nitrogens with zero attached hydrogens (tertiary/aromatic N) is 1. The van der Waals surface area contributed by atoms with E-state index in [1.54, 1.807) is 4.90 Å². The van der Waals surface area contributed by atoms with E-state index in [0.29, 0.717) is 25.9 Å². The lowest BCUT2D eigenvalue weighted by molar-refractivity contribution is -0.147. The van der Waals surface area contributed by atoms with Gasteiger partial charge in [-0.3, -0.25) is 9.59 Å². The maximum atomic E-state index is 11.9. The van der Waals surface area contributed by atoms with Gasteiger partial charge in [-0.05, 0) is 18.1 Å². The average Bonchev–Trinajstić information content (AvgIpc) is 2.83. The van der Waals surface area contributed by atoms with Crippen LogP contribution in [0.2, 0.25) is 0 Å². The number of carbonyl (C=O) groups excluding carboxylic acids is 1. The van der Waals surface area contributed by atoms with Gasteiger partial charge in [-0.1, -0.05) is 18.2 Å². The summed E-state index contributed by atoms with van der Waals surface area (Å²) >= 11 is 0. The highest BCUT2D eigenvalue weighted by atomic mass is 16.5. The Hall–Kier alpha value is -2.04. The van der Waals surface area contributed by atoms with Gasteiger partial charge in [0.2, 0.25) is 5.91 Å². The fourth-order valence-electron chi connectivity index (χ4n) is 2.89. The van der Waals surface area contributed by atoms with E-state index in [4.69, 9.17) is 9.84 Å². The molecule has 1 N–H and O–H groups in total. The van der Waals surface area contributed by atoms with Gasteiger partial charge in [-0.2, -0.15) is 0 Å². The molecule has 2 aliphatic heterocycles. The molecule has 0 spiro atoms. The number of fused-ring (bicyclic) bond motifs is 1. The van der Waals surface area contributed by atoms with Gasteiger partial charge >= 0.3 is 5.97 Å². The quantitative estimate of drug-likeness (QED) is 0.903. The molecular weight excluding hydrogens is 258 g/mol. The van der Waals surface area contributed by atoms with E-state index in [9.17, 15) is 9.59 Å². The van der Waals surface area contributed by atoms with Gasteiger partial charge in [0.1, 0.15) is 11.9 Å². The molecule has 0 bridgehead atoms. The number of piperidine rings is 1. The van der Waals surface area contributed by atoms with Crippen molar-refractivity contribution in [2.75, 3.05) is 13.1 Å². The number of hydrogen-bond donors (Lipinski definition) is 1. The highest BCUT2D eigenvalue weighted by Crippen LogP contribution is 2.29. The first-order valence-corrected chi connectivity index (χ1v) is 6.88.